The van der Waals surface area contributed by atoms with E-state index in [0.717, 1.165) is 27.6 Å². The molecule has 6 nitrogen and oxygen atoms in total. The first-order chi connectivity index (χ1) is 14.5. The zero-order valence-corrected chi connectivity index (χ0v) is 17.0. The van der Waals surface area contributed by atoms with E-state index in [2.05, 4.69) is 22.0 Å². The summed E-state index contributed by atoms with van der Waals surface area (Å²) in [5.41, 5.74) is 1.92. The number of hydrogen-bond acceptors (Lipinski definition) is 4. The molecule has 3 aromatic rings. The molecule has 3 atom stereocenters. The summed E-state index contributed by atoms with van der Waals surface area (Å²) in [6.07, 6.45) is -0.270. The number of nitrogens with one attached hydrogen (secondary N) is 3. The molecule has 0 bridgehead atoms. The summed E-state index contributed by atoms with van der Waals surface area (Å²) in [6.45, 7) is 1.94. The summed E-state index contributed by atoms with van der Waals surface area (Å²) in [5.74, 6) is 0.481. The minimum absolute atomic E-state index is 0.111. The quantitative estimate of drug-likeness (QED) is 0.611. The predicted octanol–water partition coefficient (Wildman–Crippen LogP) is 3.20. The lowest BCUT2D eigenvalue weighted by atomic mass is 10.0. The van der Waals surface area contributed by atoms with Crippen molar-refractivity contribution in [3.8, 4) is 5.75 Å². The van der Waals surface area contributed by atoms with Gasteiger partial charge in [-0.25, -0.2) is 0 Å². The molecule has 1 fully saturated rings. The molecule has 1 aliphatic heterocycles. The van der Waals surface area contributed by atoms with Crippen molar-refractivity contribution in [2.75, 3.05) is 7.11 Å². The van der Waals surface area contributed by atoms with Crippen LogP contribution < -0.4 is 20.7 Å². The van der Waals surface area contributed by atoms with E-state index in [0.29, 0.717) is 0 Å². The molecule has 0 aliphatic carbocycles. The number of methoxy groups -OCH3 is 1. The van der Waals surface area contributed by atoms with Gasteiger partial charge in [0, 0.05) is 0 Å². The molecule has 0 radical (unpaired) electrons. The van der Waals surface area contributed by atoms with Gasteiger partial charge >= 0.3 is 0 Å². The molecule has 2 amide bonds. The summed E-state index contributed by atoms with van der Waals surface area (Å²) in [7, 11) is 1.65. The molecule has 3 unspecified atom stereocenters. The molecule has 6 heteroatoms. The highest BCUT2D eigenvalue weighted by molar-refractivity contribution is 5.90. The van der Waals surface area contributed by atoms with Gasteiger partial charge in [-0.2, -0.15) is 0 Å². The van der Waals surface area contributed by atoms with E-state index in [4.69, 9.17) is 4.74 Å². The largest absolute Gasteiger partial charge is 0.497 e. The Balaban J connectivity index is 1.46. The van der Waals surface area contributed by atoms with Crippen LogP contribution in [0.25, 0.3) is 10.8 Å². The summed E-state index contributed by atoms with van der Waals surface area (Å²) >= 11 is 0. The Morgan fingerprint density at radius 1 is 1.07 bits per heavy atom. The maximum Gasteiger partial charge on any atom is 0.238 e. The zero-order valence-electron chi connectivity index (χ0n) is 17.0. The third-order valence-corrected chi connectivity index (χ3v) is 5.44. The number of hydrogen-bond donors (Lipinski definition) is 3. The van der Waals surface area contributed by atoms with Gasteiger partial charge in [0.25, 0.3) is 0 Å². The highest BCUT2D eigenvalue weighted by Crippen LogP contribution is 2.24. The van der Waals surface area contributed by atoms with Crippen LogP contribution in [0.15, 0.2) is 66.7 Å². The number of ether oxygens (including phenoxy) is 1. The van der Waals surface area contributed by atoms with E-state index >= 15 is 0 Å². The van der Waals surface area contributed by atoms with Crippen LogP contribution in [0.1, 0.15) is 36.7 Å². The molecular weight excluding hydrogens is 378 g/mol. The van der Waals surface area contributed by atoms with Crippen LogP contribution in [-0.2, 0) is 9.59 Å². The second-order valence-corrected chi connectivity index (χ2v) is 7.54. The van der Waals surface area contributed by atoms with Gasteiger partial charge in [0.1, 0.15) is 11.9 Å². The zero-order chi connectivity index (χ0) is 21.1. The standard InChI is InChI=1S/C24H25N3O3/c1-15(17-8-9-19-13-20(30-2)11-10-18(19)12-17)25-24(29)21-14-22(28)27-23(26-21)16-6-4-3-5-7-16/h3-13,15,21,23,26H,14H2,1-2H3,(H,25,29)(H,27,28). The average molecular weight is 403 g/mol. The van der Waals surface area contributed by atoms with Crippen molar-refractivity contribution in [2.24, 2.45) is 0 Å². The number of carbonyl (C=O) groups excluding carboxylic acids is 2. The van der Waals surface area contributed by atoms with Crippen molar-refractivity contribution >= 4 is 22.6 Å². The summed E-state index contributed by atoms with van der Waals surface area (Å²) in [5, 5.41) is 11.3. The SMILES string of the molecule is COc1ccc2cc(C(C)NC(=O)C3CC(=O)NC(c4ccccc4)N3)ccc2c1. The van der Waals surface area contributed by atoms with Gasteiger partial charge in [-0.1, -0.05) is 48.5 Å². The Morgan fingerprint density at radius 2 is 1.80 bits per heavy atom. The molecule has 0 aromatic heterocycles. The Hall–Kier alpha value is -3.38. The van der Waals surface area contributed by atoms with Gasteiger partial charge in [0.15, 0.2) is 0 Å². The van der Waals surface area contributed by atoms with Crippen molar-refractivity contribution in [1.82, 2.24) is 16.0 Å². The molecule has 0 saturated carbocycles. The lowest BCUT2D eigenvalue weighted by Crippen LogP contribution is -2.56. The number of amides is 2. The minimum Gasteiger partial charge on any atom is -0.497 e. The van der Waals surface area contributed by atoms with Gasteiger partial charge in [-0.15, -0.1) is 0 Å². The highest BCUT2D eigenvalue weighted by Gasteiger charge is 2.31. The molecule has 0 spiro atoms. The van der Waals surface area contributed by atoms with Crippen LogP contribution in [0.2, 0.25) is 0 Å². The Kier molecular flexibility index (Phi) is 5.68. The highest BCUT2D eigenvalue weighted by atomic mass is 16.5. The molecule has 1 heterocycles. The smallest absolute Gasteiger partial charge is 0.238 e. The lowest BCUT2D eigenvalue weighted by molar-refractivity contribution is -0.132. The molecule has 3 N–H and O–H groups in total. The third kappa shape index (κ3) is 4.28. The first kappa shape index (κ1) is 19.9. The van der Waals surface area contributed by atoms with Crippen LogP contribution >= 0.6 is 0 Å². The fourth-order valence-corrected chi connectivity index (χ4v) is 3.74. The van der Waals surface area contributed by atoms with E-state index in [1.54, 1.807) is 7.11 Å². The van der Waals surface area contributed by atoms with Gasteiger partial charge < -0.3 is 15.4 Å². The maximum absolute atomic E-state index is 12.9. The van der Waals surface area contributed by atoms with Gasteiger partial charge in [-0.3, -0.25) is 14.9 Å². The molecule has 3 aromatic carbocycles. The monoisotopic (exact) mass is 403 g/mol. The number of benzene rings is 3. The van der Waals surface area contributed by atoms with E-state index in [9.17, 15) is 9.59 Å². The van der Waals surface area contributed by atoms with Crippen LogP contribution in [0.4, 0.5) is 0 Å². The maximum atomic E-state index is 12.9. The van der Waals surface area contributed by atoms with E-state index in [1.807, 2.05) is 67.6 Å². The first-order valence-electron chi connectivity index (χ1n) is 10.0. The van der Waals surface area contributed by atoms with Gasteiger partial charge in [0.05, 0.1) is 25.6 Å². The molecule has 4 rings (SSSR count). The van der Waals surface area contributed by atoms with Crippen molar-refractivity contribution < 1.29 is 14.3 Å². The van der Waals surface area contributed by atoms with E-state index in [1.165, 1.54) is 0 Å². The summed E-state index contributed by atoms with van der Waals surface area (Å²) < 4.78 is 5.27. The first-order valence-corrected chi connectivity index (χ1v) is 10.0. The van der Waals surface area contributed by atoms with Crippen LogP contribution in [0, 0.1) is 0 Å². The lowest BCUT2D eigenvalue weighted by Gasteiger charge is -2.32. The Labute approximate surface area is 175 Å². The third-order valence-electron chi connectivity index (χ3n) is 5.44. The molecular formula is C24H25N3O3. The van der Waals surface area contributed by atoms with Gasteiger partial charge in [-0.05, 0) is 47.0 Å². The second kappa shape index (κ2) is 8.55. The summed E-state index contributed by atoms with van der Waals surface area (Å²) in [4.78, 5) is 25.1. The minimum atomic E-state index is -0.587. The molecule has 30 heavy (non-hydrogen) atoms. The average Bonchev–Trinajstić information content (AvgIpc) is 2.78. The number of rotatable bonds is 5. The number of fused-ring (bicyclic) bond motifs is 1. The Morgan fingerprint density at radius 3 is 2.57 bits per heavy atom. The predicted molar refractivity (Wildman–Crippen MR) is 116 cm³/mol. The van der Waals surface area contributed by atoms with Crippen molar-refractivity contribution in [2.45, 2.75) is 31.6 Å². The second-order valence-electron chi connectivity index (χ2n) is 7.54. The van der Waals surface area contributed by atoms with Crippen LogP contribution in [-0.4, -0.2) is 25.0 Å². The molecule has 1 saturated heterocycles. The number of carbonyl (C=O) groups is 2. The van der Waals surface area contributed by atoms with E-state index < -0.39 is 6.04 Å². The Bertz CT molecular complexity index is 1070. The molecule has 154 valence electrons. The fraction of sp³-hybridized carbons (Fsp3) is 0.250. The summed E-state index contributed by atoms with van der Waals surface area (Å²) in [6, 6.07) is 20.8. The fourth-order valence-electron chi connectivity index (χ4n) is 3.74. The normalized spacial score (nSPS) is 19.7. The van der Waals surface area contributed by atoms with E-state index in [-0.39, 0.29) is 30.4 Å². The van der Waals surface area contributed by atoms with Crippen LogP contribution in [0.5, 0.6) is 5.75 Å². The van der Waals surface area contributed by atoms with Crippen molar-refractivity contribution in [1.29, 1.82) is 0 Å². The van der Waals surface area contributed by atoms with Crippen LogP contribution in [0.3, 0.4) is 0 Å². The topological polar surface area (TPSA) is 79.5 Å². The van der Waals surface area contributed by atoms with Crippen molar-refractivity contribution in [3.63, 3.8) is 0 Å². The van der Waals surface area contributed by atoms with Crippen molar-refractivity contribution in [3.05, 3.63) is 77.9 Å². The van der Waals surface area contributed by atoms with Gasteiger partial charge in [0.2, 0.25) is 11.8 Å². The molecule has 1 aliphatic rings.